The van der Waals surface area contributed by atoms with Gasteiger partial charge < -0.3 is 4.84 Å². The Balaban J connectivity index is 1.65. The van der Waals surface area contributed by atoms with Crippen molar-refractivity contribution >= 4 is 5.91 Å². The molecule has 1 aromatic rings. The lowest BCUT2D eigenvalue weighted by atomic mass is 9.79. The van der Waals surface area contributed by atoms with E-state index in [1.807, 2.05) is 29.3 Å². The maximum Gasteiger partial charge on any atom is 0.237 e. The second-order valence-electron chi connectivity index (χ2n) is 4.98. The van der Waals surface area contributed by atoms with Crippen molar-refractivity contribution in [3.05, 3.63) is 48.2 Å². The third-order valence-corrected chi connectivity index (χ3v) is 3.84. The van der Waals surface area contributed by atoms with Gasteiger partial charge in [0.2, 0.25) is 5.91 Å². The first-order valence-corrected chi connectivity index (χ1v) is 6.47. The molecule has 1 heterocycles. The topological polar surface area (TPSA) is 67.6 Å². The highest BCUT2D eigenvalue weighted by Gasteiger charge is 2.42. The number of hydrogen-bond acceptors (Lipinski definition) is 4. The molecule has 0 aromatic heterocycles. The molecule has 3 rings (SSSR count). The van der Waals surface area contributed by atoms with Crippen LogP contribution >= 0.6 is 0 Å². The Bertz CT molecular complexity index is 483. The van der Waals surface area contributed by atoms with Crippen molar-refractivity contribution in [3.63, 3.8) is 0 Å². The van der Waals surface area contributed by atoms with Gasteiger partial charge in [-0.25, -0.2) is 5.84 Å². The summed E-state index contributed by atoms with van der Waals surface area (Å²) in [6, 6.07) is 10.6. The number of hydrogen-bond donors (Lipinski definition) is 2. The van der Waals surface area contributed by atoms with Gasteiger partial charge in [-0.2, -0.15) is 0 Å². The van der Waals surface area contributed by atoms with Gasteiger partial charge in [-0.15, -0.1) is 5.06 Å². The molecule has 1 saturated carbocycles. The van der Waals surface area contributed by atoms with Crippen LogP contribution in [0.5, 0.6) is 0 Å². The van der Waals surface area contributed by atoms with Crippen molar-refractivity contribution in [2.75, 3.05) is 0 Å². The molecule has 1 aliphatic heterocycles. The molecule has 1 atom stereocenters. The van der Waals surface area contributed by atoms with Crippen LogP contribution in [0.2, 0.25) is 0 Å². The fourth-order valence-electron chi connectivity index (χ4n) is 2.68. The quantitative estimate of drug-likeness (QED) is 0.487. The van der Waals surface area contributed by atoms with Gasteiger partial charge in [-0.3, -0.25) is 10.2 Å². The summed E-state index contributed by atoms with van der Waals surface area (Å²) < 4.78 is 0. The molecule has 5 nitrogen and oxygen atoms in total. The molecule has 5 heteroatoms. The van der Waals surface area contributed by atoms with E-state index in [-0.39, 0.29) is 23.9 Å². The highest BCUT2D eigenvalue weighted by atomic mass is 16.7. The number of nitrogens with zero attached hydrogens (tertiary/aromatic N) is 1. The van der Waals surface area contributed by atoms with Gasteiger partial charge in [0.05, 0.1) is 6.04 Å². The molecule has 3 N–H and O–H groups in total. The third-order valence-electron chi connectivity index (χ3n) is 3.84. The summed E-state index contributed by atoms with van der Waals surface area (Å²) >= 11 is 0. The molecule has 1 amide bonds. The molecule has 0 saturated heterocycles. The molecular weight excluding hydrogens is 242 g/mol. The highest BCUT2D eigenvalue weighted by molar-refractivity contribution is 5.79. The average Bonchev–Trinajstić information content (AvgIpc) is 2.87. The lowest BCUT2D eigenvalue weighted by molar-refractivity contribution is -0.173. The van der Waals surface area contributed by atoms with Crippen molar-refractivity contribution in [2.45, 2.75) is 24.9 Å². The molecule has 1 aliphatic carbocycles. The Labute approximate surface area is 111 Å². The number of rotatable bonds is 3. The van der Waals surface area contributed by atoms with E-state index in [0.717, 1.165) is 12.8 Å². The normalized spacial score (nSPS) is 29.6. The van der Waals surface area contributed by atoms with Gasteiger partial charge in [0, 0.05) is 12.0 Å². The average molecular weight is 259 g/mol. The van der Waals surface area contributed by atoms with Gasteiger partial charge in [0.25, 0.3) is 0 Å². The molecule has 1 unspecified atom stereocenters. The SMILES string of the molecule is NNC(=O)[C@H]1C[C@H](N2OC=CC2c2ccccc2)C1. The predicted octanol–water partition coefficient (Wildman–Crippen LogP) is 1.26. The van der Waals surface area contributed by atoms with Crippen molar-refractivity contribution in [2.24, 2.45) is 11.8 Å². The van der Waals surface area contributed by atoms with Gasteiger partial charge in [0.15, 0.2) is 0 Å². The van der Waals surface area contributed by atoms with Gasteiger partial charge >= 0.3 is 0 Å². The number of carbonyl (C=O) groups excluding carboxylic acids is 1. The Morgan fingerprint density at radius 1 is 1.32 bits per heavy atom. The van der Waals surface area contributed by atoms with Crippen LogP contribution in [0.15, 0.2) is 42.7 Å². The summed E-state index contributed by atoms with van der Waals surface area (Å²) in [7, 11) is 0. The summed E-state index contributed by atoms with van der Waals surface area (Å²) in [4.78, 5) is 17.0. The van der Waals surface area contributed by atoms with Crippen LogP contribution in [0.4, 0.5) is 0 Å². The first-order valence-electron chi connectivity index (χ1n) is 6.47. The number of hydrazine groups is 1. The van der Waals surface area contributed by atoms with E-state index in [0.29, 0.717) is 0 Å². The van der Waals surface area contributed by atoms with E-state index < -0.39 is 0 Å². The van der Waals surface area contributed by atoms with Crippen LogP contribution in [0.25, 0.3) is 0 Å². The third kappa shape index (κ3) is 2.22. The number of benzene rings is 1. The van der Waals surface area contributed by atoms with Gasteiger partial charge in [-0.1, -0.05) is 30.3 Å². The minimum atomic E-state index is -0.0836. The fraction of sp³-hybridized carbons (Fsp3) is 0.357. The molecule has 100 valence electrons. The van der Waals surface area contributed by atoms with E-state index in [9.17, 15) is 4.79 Å². The van der Waals surface area contributed by atoms with Crippen LogP contribution in [-0.4, -0.2) is 17.0 Å². The number of nitrogens with one attached hydrogen (secondary N) is 1. The molecule has 1 aromatic carbocycles. The second-order valence-corrected chi connectivity index (χ2v) is 4.98. The van der Waals surface area contributed by atoms with E-state index in [2.05, 4.69) is 17.6 Å². The molecule has 1 fully saturated rings. The monoisotopic (exact) mass is 259 g/mol. The standard InChI is InChI=1S/C14H17N3O2/c15-16-14(18)11-8-12(9-11)17-13(6-7-19-17)10-4-2-1-3-5-10/h1-7,11-13H,8-9,15H2,(H,16,18)/t11-,12-,13?. The Morgan fingerprint density at radius 2 is 2.05 bits per heavy atom. The fourth-order valence-corrected chi connectivity index (χ4v) is 2.68. The zero-order valence-corrected chi connectivity index (χ0v) is 10.5. The summed E-state index contributed by atoms with van der Waals surface area (Å²) in [5, 5.41) is 1.97. The van der Waals surface area contributed by atoms with Crippen molar-refractivity contribution in [1.82, 2.24) is 10.5 Å². The van der Waals surface area contributed by atoms with Crippen LogP contribution in [0.1, 0.15) is 24.4 Å². The summed E-state index contributed by atoms with van der Waals surface area (Å²) in [6.45, 7) is 0. The van der Waals surface area contributed by atoms with Crippen LogP contribution in [0.3, 0.4) is 0 Å². The summed E-state index contributed by atoms with van der Waals surface area (Å²) in [5.74, 6) is 5.07. The van der Waals surface area contributed by atoms with Crippen molar-refractivity contribution < 1.29 is 9.63 Å². The maximum absolute atomic E-state index is 11.4. The molecular formula is C14H17N3O2. The lowest BCUT2D eigenvalue weighted by Gasteiger charge is -2.41. The number of amides is 1. The summed E-state index contributed by atoms with van der Waals surface area (Å²) in [6.07, 6.45) is 5.32. The molecule has 0 spiro atoms. The first kappa shape index (κ1) is 12.2. The van der Waals surface area contributed by atoms with Gasteiger partial charge in [0.1, 0.15) is 6.26 Å². The largest absolute Gasteiger partial charge is 0.413 e. The Kier molecular flexibility index (Phi) is 3.23. The van der Waals surface area contributed by atoms with E-state index in [1.54, 1.807) is 6.26 Å². The number of nitrogens with two attached hydrogens (primary N) is 1. The molecule has 0 bridgehead atoms. The minimum absolute atomic E-state index is 0.00984. The zero-order chi connectivity index (χ0) is 13.2. The zero-order valence-electron chi connectivity index (χ0n) is 10.5. The lowest BCUT2D eigenvalue weighted by Crippen LogP contribution is -2.50. The summed E-state index contributed by atoms with van der Waals surface area (Å²) in [5.41, 5.74) is 3.40. The van der Waals surface area contributed by atoms with Gasteiger partial charge in [-0.05, 0) is 24.5 Å². The van der Waals surface area contributed by atoms with Crippen LogP contribution in [-0.2, 0) is 9.63 Å². The van der Waals surface area contributed by atoms with E-state index in [1.165, 1.54) is 5.56 Å². The number of carbonyl (C=O) groups is 1. The molecule has 0 radical (unpaired) electrons. The smallest absolute Gasteiger partial charge is 0.237 e. The van der Waals surface area contributed by atoms with Crippen molar-refractivity contribution in [1.29, 1.82) is 0 Å². The van der Waals surface area contributed by atoms with E-state index >= 15 is 0 Å². The maximum atomic E-state index is 11.4. The van der Waals surface area contributed by atoms with Crippen LogP contribution in [0, 0.1) is 5.92 Å². The molecule has 2 aliphatic rings. The van der Waals surface area contributed by atoms with Crippen molar-refractivity contribution in [3.8, 4) is 0 Å². The Hall–Kier alpha value is -1.85. The molecule has 19 heavy (non-hydrogen) atoms. The predicted molar refractivity (Wildman–Crippen MR) is 70.1 cm³/mol. The van der Waals surface area contributed by atoms with Crippen LogP contribution < -0.4 is 11.3 Å². The number of hydroxylamine groups is 2. The van der Waals surface area contributed by atoms with E-state index in [4.69, 9.17) is 10.7 Å². The minimum Gasteiger partial charge on any atom is -0.413 e. The second kappa shape index (κ2) is 5.03. The first-order chi connectivity index (χ1) is 9.29. The highest BCUT2D eigenvalue weighted by Crippen LogP contribution is 2.39. The Morgan fingerprint density at radius 3 is 2.74 bits per heavy atom.